The fourth-order valence-electron chi connectivity index (χ4n) is 4.23. The third-order valence-electron chi connectivity index (χ3n) is 6.08. The normalized spacial score (nSPS) is 12.6. The molecule has 0 saturated heterocycles. The van der Waals surface area contributed by atoms with E-state index in [1.54, 1.807) is 11.0 Å². The van der Waals surface area contributed by atoms with E-state index in [-0.39, 0.29) is 11.5 Å². The Kier molecular flexibility index (Phi) is 7.13. The van der Waals surface area contributed by atoms with Gasteiger partial charge in [-0.2, -0.15) is 0 Å². The van der Waals surface area contributed by atoms with E-state index in [1.165, 1.54) is 17.4 Å². The molecular weight excluding hydrogens is 434 g/mol. The van der Waals surface area contributed by atoms with Gasteiger partial charge in [0, 0.05) is 48.7 Å². The highest BCUT2D eigenvalue weighted by atomic mass is 32.2. The molecule has 0 radical (unpaired) electrons. The SMILES string of the molecule is CCN(CC)c1ccc(-c2nnc(SCC(=O)c3ccc4c(c3)CCN4C=O)n2CC)cc1. The molecule has 7 nitrogen and oxygen atoms in total. The van der Waals surface area contributed by atoms with Gasteiger partial charge in [-0.15, -0.1) is 10.2 Å². The second-order valence-electron chi connectivity index (χ2n) is 7.87. The molecule has 0 spiro atoms. The molecule has 172 valence electrons. The zero-order chi connectivity index (χ0) is 23.4. The molecule has 0 N–H and O–H groups in total. The van der Waals surface area contributed by atoms with E-state index in [2.05, 4.69) is 64.7 Å². The van der Waals surface area contributed by atoms with E-state index < -0.39 is 0 Å². The van der Waals surface area contributed by atoms with Crippen molar-refractivity contribution in [1.29, 1.82) is 0 Å². The van der Waals surface area contributed by atoms with Crippen LogP contribution in [0.5, 0.6) is 0 Å². The lowest BCUT2D eigenvalue weighted by Gasteiger charge is -2.21. The average molecular weight is 464 g/mol. The van der Waals surface area contributed by atoms with Crippen molar-refractivity contribution < 1.29 is 9.59 Å². The number of anilines is 2. The molecule has 0 aliphatic carbocycles. The smallest absolute Gasteiger partial charge is 0.214 e. The number of hydrogen-bond acceptors (Lipinski definition) is 6. The van der Waals surface area contributed by atoms with Crippen LogP contribution in [0.4, 0.5) is 11.4 Å². The maximum Gasteiger partial charge on any atom is 0.214 e. The summed E-state index contributed by atoms with van der Waals surface area (Å²) in [4.78, 5) is 27.9. The Morgan fingerprint density at radius 2 is 1.85 bits per heavy atom. The van der Waals surface area contributed by atoms with Gasteiger partial charge in [0.25, 0.3) is 0 Å². The van der Waals surface area contributed by atoms with Crippen molar-refractivity contribution >= 4 is 35.3 Å². The molecule has 2 aromatic carbocycles. The second kappa shape index (κ2) is 10.2. The number of rotatable bonds is 10. The standard InChI is InChI=1S/C25H29N5O2S/c1-4-28(5-2)21-10-7-18(8-11-21)24-26-27-25(30(24)6-3)33-16-23(32)20-9-12-22-19(15-20)13-14-29(22)17-31/h7-12,15,17H,4-6,13-14,16H2,1-3H3. The maximum atomic E-state index is 12.8. The molecule has 1 aliphatic heterocycles. The summed E-state index contributed by atoms with van der Waals surface area (Å²) in [6.45, 7) is 9.69. The molecule has 0 atom stereocenters. The molecule has 0 saturated carbocycles. The number of nitrogens with zero attached hydrogens (tertiary/aromatic N) is 5. The molecular formula is C25H29N5O2S. The summed E-state index contributed by atoms with van der Waals surface area (Å²) in [6, 6.07) is 14.0. The van der Waals surface area contributed by atoms with E-state index in [4.69, 9.17) is 0 Å². The van der Waals surface area contributed by atoms with Gasteiger partial charge in [0.05, 0.1) is 5.75 Å². The van der Waals surface area contributed by atoms with E-state index >= 15 is 0 Å². The van der Waals surface area contributed by atoms with Crippen LogP contribution in [0.15, 0.2) is 47.6 Å². The van der Waals surface area contributed by atoms with Crippen LogP contribution in [-0.2, 0) is 17.8 Å². The Morgan fingerprint density at radius 3 is 2.52 bits per heavy atom. The van der Waals surface area contributed by atoms with E-state index in [9.17, 15) is 9.59 Å². The number of Topliss-reactive ketones (excluding diaryl/α,β-unsaturated/α-hetero) is 1. The van der Waals surface area contributed by atoms with Crippen LogP contribution in [-0.4, -0.2) is 52.3 Å². The molecule has 0 unspecified atom stereocenters. The number of amides is 1. The summed E-state index contributed by atoms with van der Waals surface area (Å²) < 4.78 is 2.05. The Hall–Kier alpha value is -3.13. The minimum absolute atomic E-state index is 0.0446. The Balaban J connectivity index is 1.47. The van der Waals surface area contributed by atoms with Crippen molar-refractivity contribution in [3.63, 3.8) is 0 Å². The molecule has 2 heterocycles. The van der Waals surface area contributed by atoms with E-state index in [1.807, 2.05) is 12.1 Å². The average Bonchev–Trinajstić information content (AvgIpc) is 3.46. The second-order valence-corrected chi connectivity index (χ2v) is 8.82. The molecule has 33 heavy (non-hydrogen) atoms. The van der Waals surface area contributed by atoms with Gasteiger partial charge in [-0.25, -0.2) is 0 Å². The first-order chi connectivity index (χ1) is 16.1. The number of carbonyl (C=O) groups excluding carboxylic acids is 2. The van der Waals surface area contributed by atoms with Crippen molar-refractivity contribution in [2.45, 2.75) is 38.9 Å². The third kappa shape index (κ3) is 4.66. The van der Waals surface area contributed by atoms with Crippen LogP contribution in [0.2, 0.25) is 0 Å². The molecule has 1 amide bonds. The Bertz CT molecular complexity index is 1140. The minimum Gasteiger partial charge on any atom is -0.372 e. The first-order valence-electron chi connectivity index (χ1n) is 11.4. The van der Waals surface area contributed by atoms with Crippen molar-refractivity contribution in [3.05, 3.63) is 53.6 Å². The minimum atomic E-state index is 0.0446. The molecule has 1 aromatic heterocycles. The number of aromatic nitrogens is 3. The van der Waals surface area contributed by atoms with Gasteiger partial charge in [0.2, 0.25) is 6.41 Å². The van der Waals surface area contributed by atoms with Crippen LogP contribution < -0.4 is 9.80 Å². The van der Waals surface area contributed by atoms with Crippen molar-refractivity contribution in [2.24, 2.45) is 0 Å². The van der Waals surface area contributed by atoms with Gasteiger partial charge < -0.3 is 14.4 Å². The zero-order valence-corrected chi connectivity index (χ0v) is 20.1. The van der Waals surface area contributed by atoms with Gasteiger partial charge in [0.1, 0.15) is 0 Å². The molecule has 3 aromatic rings. The number of thioether (sulfide) groups is 1. The van der Waals surface area contributed by atoms with Gasteiger partial charge >= 0.3 is 0 Å². The largest absolute Gasteiger partial charge is 0.372 e. The Morgan fingerprint density at radius 1 is 1.09 bits per heavy atom. The lowest BCUT2D eigenvalue weighted by Crippen LogP contribution is -2.21. The molecule has 0 fully saturated rings. The first kappa shape index (κ1) is 23.0. The van der Waals surface area contributed by atoms with Crippen LogP contribution in [0.3, 0.4) is 0 Å². The van der Waals surface area contributed by atoms with Crippen LogP contribution in [0.1, 0.15) is 36.7 Å². The van der Waals surface area contributed by atoms with Crippen LogP contribution in [0, 0.1) is 0 Å². The maximum absolute atomic E-state index is 12.8. The molecule has 4 rings (SSSR count). The highest BCUT2D eigenvalue weighted by Crippen LogP contribution is 2.29. The summed E-state index contributed by atoms with van der Waals surface area (Å²) in [7, 11) is 0. The topological polar surface area (TPSA) is 71.3 Å². The summed E-state index contributed by atoms with van der Waals surface area (Å²) in [6.07, 6.45) is 1.62. The summed E-state index contributed by atoms with van der Waals surface area (Å²) in [5.74, 6) is 1.14. The fourth-order valence-corrected chi connectivity index (χ4v) is 5.12. The number of fused-ring (bicyclic) bond motifs is 1. The predicted octanol–water partition coefficient (Wildman–Crippen LogP) is 4.31. The zero-order valence-electron chi connectivity index (χ0n) is 19.3. The van der Waals surface area contributed by atoms with Crippen molar-refractivity contribution in [3.8, 4) is 11.4 Å². The van der Waals surface area contributed by atoms with Crippen LogP contribution >= 0.6 is 11.8 Å². The number of carbonyl (C=O) groups is 2. The fraction of sp³-hybridized carbons (Fsp3) is 0.360. The van der Waals surface area contributed by atoms with Gasteiger partial charge in [-0.05, 0) is 75.2 Å². The first-order valence-corrected chi connectivity index (χ1v) is 12.4. The molecule has 1 aliphatic rings. The van der Waals surface area contributed by atoms with Gasteiger partial charge in [-0.3, -0.25) is 9.59 Å². The van der Waals surface area contributed by atoms with E-state index in [0.29, 0.717) is 12.1 Å². The quantitative estimate of drug-likeness (QED) is 0.254. The molecule has 0 bridgehead atoms. The highest BCUT2D eigenvalue weighted by molar-refractivity contribution is 7.99. The predicted molar refractivity (Wildman–Crippen MR) is 133 cm³/mol. The van der Waals surface area contributed by atoms with Gasteiger partial charge in [0.15, 0.2) is 16.8 Å². The Labute approximate surface area is 198 Å². The monoisotopic (exact) mass is 463 g/mol. The lowest BCUT2D eigenvalue weighted by atomic mass is 10.1. The third-order valence-corrected chi connectivity index (χ3v) is 7.05. The number of ketones is 1. The highest BCUT2D eigenvalue weighted by Gasteiger charge is 2.21. The number of benzene rings is 2. The van der Waals surface area contributed by atoms with Crippen molar-refractivity contribution in [2.75, 3.05) is 35.2 Å². The lowest BCUT2D eigenvalue weighted by molar-refractivity contribution is -0.107. The molecule has 8 heteroatoms. The van der Waals surface area contributed by atoms with Gasteiger partial charge in [-0.1, -0.05) is 11.8 Å². The summed E-state index contributed by atoms with van der Waals surface area (Å²) in [5.41, 5.74) is 4.82. The van der Waals surface area contributed by atoms with Crippen molar-refractivity contribution in [1.82, 2.24) is 14.8 Å². The summed E-state index contributed by atoms with van der Waals surface area (Å²) in [5, 5.41) is 9.52. The summed E-state index contributed by atoms with van der Waals surface area (Å²) >= 11 is 1.41. The van der Waals surface area contributed by atoms with Crippen LogP contribution in [0.25, 0.3) is 11.4 Å². The van der Waals surface area contributed by atoms with E-state index in [0.717, 1.165) is 60.3 Å². The number of hydrogen-bond donors (Lipinski definition) is 0.